The van der Waals surface area contributed by atoms with Gasteiger partial charge in [0.1, 0.15) is 0 Å². The minimum Gasteiger partial charge on any atom is -0.0620 e. The van der Waals surface area contributed by atoms with Crippen LogP contribution in [0, 0.1) is 5.92 Å². The molecule has 0 nitrogen and oxygen atoms in total. The number of hydrogen-bond donors (Lipinski definition) is 0. The van der Waals surface area contributed by atoms with Gasteiger partial charge in [0.05, 0.1) is 0 Å². The van der Waals surface area contributed by atoms with E-state index in [1.807, 2.05) is 0 Å². The lowest BCUT2D eigenvalue weighted by molar-refractivity contribution is 0.471. The van der Waals surface area contributed by atoms with E-state index in [0.29, 0.717) is 11.8 Å². The van der Waals surface area contributed by atoms with Gasteiger partial charge in [-0.05, 0) is 40.5 Å². The first-order valence-corrected chi connectivity index (χ1v) is 6.53. The Kier molecular flexibility index (Phi) is 1.80. The van der Waals surface area contributed by atoms with Gasteiger partial charge in [0.15, 0.2) is 0 Å². The molecule has 0 amide bonds. The zero-order valence-electron chi connectivity index (χ0n) is 10.1. The van der Waals surface area contributed by atoms with Gasteiger partial charge < -0.3 is 0 Å². The summed E-state index contributed by atoms with van der Waals surface area (Å²) in [5.74, 6) is 2.17. The normalized spacial score (nSPS) is 28.6. The fourth-order valence-corrected chi connectivity index (χ4v) is 3.93. The Morgan fingerprint density at radius 3 is 2.29 bits per heavy atom. The summed E-state index contributed by atoms with van der Waals surface area (Å²) in [7, 11) is 0. The molecule has 2 aliphatic rings. The number of hydrogen-bond acceptors (Lipinski definition) is 0. The Balaban J connectivity index is 1.95. The Morgan fingerprint density at radius 1 is 0.824 bits per heavy atom. The SMILES string of the molecule is CC1c2ccccc2C2c3ccccc3CC12. The second kappa shape index (κ2) is 3.22. The summed E-state index contributed by atoms with van der Waals surface area (Å²) in [6.07, 6.45) is 1.26. The van der Waals surface area contributed by atoms with Crippen molar-refractivity contribution >= 4 is 0 Å². The van der Waals surface area contributed by atoms with Crippen molar-refractivity contribution in [1.82, 2.24) is 0 Å². The highest BCUT2D eigenvalue weighted by Crippen LogP contribution is 2.55. The van der Waals surface area contributed by atoms with E-state index >= 15 is 0 Å². The zero-order chi connectivity index (χ0) is 11.4. The molecular formula is C17H16. The lowest BCUT2D eigenvalue weighted by Crippen LogP contribution is -2.06. The maximum atomic E-state index is 2.40. The molecule has 2 aromatic rings. The molecule has 0 aromatic heterocycles. The van der Waals surface area contributed by atoms with Crippen LogP contribution in [-0.4, -0.2) is 0 Å². The molecule has 0 heteroatoms. The first kappa shape index (κ1) is 9.47. The molecule has 0 bridgehead atoms. The predicted molar refractivity (Wildman–Crippen MR) is 70.3 cm³/mol. The molecule has 0 saturated heterocycles. The van der Waals surface area contributed by atoms with Crippen molar-refractivity contribution in [3.63, 3.8) is 0 Å². The van der Waals surface area contributed by atoms with Gasteiger partial charge >= 0.3 is 0 Å². The average Bonchev–Trinajstić information content (AvgIpc) is 2.88. The van der Waals surface area contributed by atoms with Crippen molar-refractivity contribution in [2.75, 3.05) is 0 Å². The zero-order valence-corrected chi connectivity index (χ0v) is 10.1. The molecule has 0 aliphatic heterocycles. The molecule has 0 spiro atoms. The third kappa shape index (κ3) is 1.13. The standard InChI is InChI=1S/C17H16/c1-11-13-7-4-5-9-15(13)17-14-8-3-2-6-12(14)10-16(11)17/h2-9,11,16-17H,10H2,1H3. The van der Waals surface area contributed by atoms with Gasteiger partial charge in [-0.1, -0.05) is 55.5 Å². The van der Waals surface area contributed by atoms with Gasteiger partial charge in [0, 0.05) is 5.92 Å². The lowest BCUT2D eigenvalue weighted by atomic mass is 9.89. The van der Waals surface area contributed by atoms with Crippen LogP contribution in [0.5, 0.6) is 0 Å². The Labute approximate surface area is 102 Å². The maximum absolute atomic E-state index is 2.40. The van der Waals surface area contributed by atoms with Crippen molar-refractivity contribution in [2.24, 2.45) is 5.92 Å². The molecule has 4 rings (SSSR count). The van der Waals surface area contributed by atoms with Gasteiger partial charge in [0.25, 0.3) is 0 Å². The Morgan fingerprint density at radius 2 is 1.47 bits per heavy atom. The highest BCUT2D eigenvalue weighted by molar-refractivity contribution is 5.52. The molecule has 0 fully saturated rings. The second-order valence-electron chi connectivity index (χ2n) is 5.46. The van der Waals surface area contributed by atoms with E-state index in [-0.39, 0.29) is 0 Å². The Bertz CT molecular complexity index is 582. The first-order valence-electron chi connectivity index (χ1n) is 6.53. The molecule has 3 unspecified atom stereocenters. The van der Waals surface area contributed by atoms with Gasteiger partial charge in [0.2, 0.25) is 0 Å². The number of benzene rings is 2. The van der Waals surface area contributed by atoms with E-state index in [0.717, 1.165) is 5.92 Å². The molecule has 0 N–H and O–H groups in total. The second-order valence-corrected chi connectivity index (χ2v) is 5.46. The fraction of sp³-hybridized carbons (Fsp3) is 0.294. The van der Waals surface area contributed by atoms with Gasteiger partial charge in [-0.2, -0.15) is 0 Å². The molecule has 3 atom stereocenters. The van der Waals surface area contributed by atoms with Gasteiger partial charge in [-0.3, -0.25) is 0 Å². The molecule has 84 valence electrons. The Hall–Kier alpha value is -1.56. The topological polar surface area (TPSA) is 0 Å². The summed E-state index contributed by atoms with van der Waals surface area (Å²) in [4.78, 5) is 0. The van der Waals surface area contributed by atoms with E-state index in [1.54, 1.807) is 22.3 Å². The van der Waals surface area contributed by atoms with Crippen molar-refractivity contribution in [3.8, 4) is 0 Å². The summed E-state index contributed by atoms with van der Waals surface area (Å²) < 4.78 is 0. The van der Waals surface area contributed by atoms with Crippen molar-refractivity contribution in [2.45, 2.75) is 25.2 Å². The lowest BCUT2D eigenvalue weighted by Gasteiger charge is -2.14. The highest BCUT2D eigenvalue weighted by Gasteiger charge is 2.43. The summed E-state index contributed by atoms with van der Waals surface area (Å²) in [5.41, 5.74) is 6.31. The van der Waals surface area contributed by atoms with Crippen LogP contribution < -0.4 is 0 Å². The van der Waals surface area contributed by atoms with Gasteiger partial charge in [-0.15, -0.1) is 0 Å². The van der Waals surface area contributed by atoms with Crippen LogP contribution in [0.2, 0.25) is 0 Å². The third-order valence-corrected chi connectivity index (χ3v) is 4.74. The average molecular weight is 220 g/mol. The molecule has 2 aromatic carbocycles. The summed E-state index contributed by atoms with van der Waals surface area (Å²) in [6, 6.07) is 18.0. The summed E-state index contributed by atoms with van der Waals surface area (Å²) >= 11 is 0. The smallest absolute Gasteiger partial charge is 0.0132 e. The fourth-order valence-electron chi connectivity index (χ4n) is 3.93. The van der Waals surface area contributed by atoms with E-state index < -0.39 is 0 Å². The van der Waals surface area contributed by atoms with E-state index in [2.05, 4.69) is 55.5 Å². The van der Waals surface area contributed by atoms with Crippen molar-refractivity contribution in [3.05, 3.63) is 70.8 Å². The van der Waals surface area contributed by atoms with Crippen LogP contribution in [0.15, 0.2) is 48.5 Å². The molecule has 0 heterocycles. The van der Waals surface area contributed by atoms with Crippen LogP contribution in [-0.2, 0) is 6.42 Å². The molecule has 2 aliphatic carbocycles. The molecule has 0 saturated carbocycles. The molecule has 17 heavy (non-hydrogen) atoms. The van der Waals surface area contributed by atoms with Crippen molar-refractivity contribution in [1.29, 1.82) is 0 Å². The van der Waals surface area contributed by atoms with Crippen LogP contribution in [0.3, 0.4) is 0 Å². The van der Waals surface area contributed by atoms with Crippen LogP contribution in [0.4, 0.5) is 0 Å². The van der Waals surface area contributed by atoms with Crippen LogP contribution in [0.1, 0.15) is 41.0 Å². The first-order chi connectivity index (χ1) is 8.36. The van der Waals surface area contributed by atoms with Crippen LogP contribution >= 0.6 is 0 Å². The maximum Gasteiger partial charge on any atom is 0.0132 e. The van der Waals surface area contributed by atoms with E-state index in [9.17, 15) is 0 Å². The highest BCUT2D eigenvalue weighted by atomic mass is 14.5. The van der Waals surface area contributed by atoms with Crippen LogP contribution in [0.25, 0.3) is 0 Å². The number of rotatable bonds is 0. The largest absolute Gasteiger partial charge is 0.0620 e. The van der Waals surface area contributed by atoms with Crippen molar-refractivity contribution < 1.29 is 0 Å². The third-order valence-electron chi connectivity index (χ3n) is 4.74. The minimum atomic E-state index is 0.664. The summed E-state index contributed by atoms with van der Waals surface area (Å²) in [6.45, 7) is 2.40. The van der Waals surface area contributed by atoms with E-state index in [4.69, 9.17) is 0 Å². The quantitative estimate of drug-likeness (QED) is 0.627. The summed E-state index contributed by atoms with van der Waals surface area (Å²) in [5, 5.41) is 0. The molecule has 0 radical (unpaired) electrons. The minimum absolute atomic E-state index is 0.664. The molecular weight excluding hydrogens is 204 g/mol. The van der Waals surface area contributed by atoms with Gasteiger partial charge in [-0.25, -0.2) is 0 Å². The van der Waals surface area contributed by atoms with E-state index in [1.165, 1.54) is 6.42 Å². The monoisotopic (exact) mass is 220 g/mol. The predicted octanol–water partition coefficient (Wildman–Crippen LogP) is 4.11. The number of fused-ring (bicyclic) bond motifs is 5.